The molecule has 26 heavy (non-hydrogen) atoms. The molecule has 0 aromatic carbocycles. The third kappa shape index (κ3) is 2.74. The molecular formula is C19H22N2O4S. The number of anilines is 1. The summed E-state index contributed by atoms with van der Waals surface area (Å²) in [7, 11) is 0. The number of carboxylic acids is 1. The molecule has 0 aliphatic heterocycles. The normalized spacial score (nSPS) is 29.2. The quantitative estimate of drug-likeness (QED) is 0.556. The zero-order valence-corrected chi connectivity index (χ0v) is 15.2. The van der Waals surface area contributed by atoms with Gasteiger partial charge in [-0.25, -0.2) is 0 Å². The molecule has 7 heteroatoms. The molecule has 4 N–H and O–H groups in total. The van der Waals surface area contributed by atoms with Crippen LogP contribution in [-0.2, 0) is 22.4 Å². The number of primary amides is 1. The van der Waals surface area contributed by atoms with E-state index in [4.69, 9.17) is 5.73 Å². The van der Waals surface area contributed by atoms with E-state index in [2.05, 4.69) is 5.32 Å². The second-order valence-corrected chi connectivity index (χ2v) is 8.57. The molecule has 138 valence electrons. The van der Waals surface area contributed by atoms with Crippen molar-refractivity contribution in [2.45, 2.75) is 38.5 Å². The molecule has 1 aromatic heterocycles. The Morgan fingerprint density at radius 3 is 2.46 bits per heavy atom. The number of fused-ring (bicyclic) bond motifs is 3. The molecule has 4 atom stereocenters. The van der Waals surface area contributed by atoms with E-state index < -0.39 is 23.7 Å². The van der Waals surface area contributed by atoms with Gasteiger partial charge in [0.1, 0.15) is 5.00 Å². The first kappa shape index (κ1) is 17.3. The van der Waals surface area contributed by atoms with Crippen molar-refractivity contribution in [3.8, 4) is 0 Å². The predicted octanol–water partition coefficient (Wildman–Crippen LogP) is 2.58. The number of carbonyl (C=O) groups is 3. The Morgan fingerprint density at radius 2 is 1.77 bits per heavy atom. The van der Waals surface area contributed by atoms with Gasteiger partial charge in [-0.1, -0.05) is 18.6 Å². The summed E-state index contributed by atoms with van der Waals surface area (Å²) in [6.45, 7) is 0. The SMILES string of the molecule is NC(=O)c1c(NC(=O)[C@@H]2[C@@H](C(=O)O)[C@H]3C=C[C@H]2C3)sc2c1CCCCC2. The minimum absolute atomic E-state index is 0.0454. The van der Waals surface area contributed by atoms with Crippen LogP contribution in [0, 0.1) is 23.7 Å². The van der Waals surface area contributed by atoms with E-state index in [0.717, 1.165) is 42.5 Å². The zero-order chi connectivity index (χ0) is 18.4. The molecule has 0 unspecified atom stereocenters. The fraction of sp³-hybridized carbons (Fsp3) is 0.526. The van der Waals surface area contributed by atoms with Crippen molar-refractivity contribution >= 4 is 34.1 Å². The molecule has 1 fully saturated rings. The van der Waals surface area contributed by atoms with Crippen molar-refractivity contribution in [3.63, 3.8) is 0 Å². The Labute approximate surface area is 155 Å². The van der Waals surface area contributed by atoms with Crippen LogP contribution in [0.5, 0.6) is 0 Å². The number of allylic oxidation sites excluding steroid dienone is 2. The fourth-order valence-electron chi connectivity index (χ4n) is 4.80. The zero-order valence-electron chi connectivity index (χ0n) is 14.4. The van der Waals surface area contributed by atoms with Gasteiger partial charge in [-0.15, -0.1) is 11.3 Å². The molecule has 2 bridgehead atoms. The summed E-state index contributed by atoms with van der Waals surface area (Å²) in [5.41, 5.74) is 7.00. The first-order chi connectivity index (χ1) is 12.5. The van der Waals surface area contributed by atoms with Crippen LogP contribution >= 0.6 is 11.3 Å². The van der Waals surface area contributed by atoms with Crippen LogP contribution in [0.25, 0.3) is 0 Å². The van der Waals surface area contributed by atoms with Crippen molar-refractivity contribution < 1.29 is 19.5 Å². The van der Waals surface area contributed by atoms with Crippen molar-refractivity contribution in [3.05, 3.63) is 28.2 Å². The minimum Gasteiger partial charge on any atom is -0.481 e. The van der Waals surface area contributed by atoms with Gasteiger partial charge in [-0.3, -0.25) is 14.4 Å². The molecule has 4 rings (SSSR count). The lowest BCUT2D eigenvalue weighted by molar-refractivity contribution is -0.146. The lowest BCUT2D eigenvalue weighted by Crippen LogP contribution is -2.36. The van der Waals surface area contributed by atoms with Gasteiger partial charge in [0.15, 0.2) is 0 Å². The number of carboxylic acid groups (broad SMARTS) is 1. The molecule has 0 spiro atoms. The van der Waals surface area contributed by atoms with Crippen LogP contribution < -0.4 is 11.1 Å². The lowest BCUT2D eigenvalue weighted by atomic mass is 9.82. The Bertz CT molecular complexity index is 813. The largest absolute Gasteiger partial charge is 0.481 e. The molecule has 6 nitrogen and oxygen atoms in total. The Kier molecular flexibility index (Phi) is 4.34. The molecule has 0 radical (unpaired) electrons. The monoisotopic (exact) mass is 374 g/mol. The average Bonchev–Trinajstić information content (AvgIpc) is 3.23. The molecule has 3 aliphatic carbocycles. The van der Waals surface area contributed by atoms with Gasteiger partial charge in [0, 0.05) is 4.88 Å². The molecule has 1 heterocycles. The summed E-state index contributed by atoms with van der Waals surface area (Å²) in [5.74, 6) is -3.18. The molecular weight excluding hydrogens is 352 g/mol. The summed E-state index contributed by atoms with van der Waals surface area (Å²) < 4.78 is 0. The molecule has 1 aromatic rings. The highest BCUT2D eigenvalue weighted by molar-refractivity contribution is 7.17. The average molecular weight is 374 g/mol. The first-order valence-corrected chi connectivity index (χ1v) is 9.95. The van der Waals surface area contributed by atoms with Gasteiger partial charge in [0.05, 0.1) is 17.4 Å². The number of carbonyl (C=O) groups excluding carboxylic acids is 2. The highest BCUT2D eigenvalue weighted by atomic mass is 32.1. The molecule has 3 aliphatic rings. The van der Waals surface area contributed by atoms with E-state index >= 15 is 0 Å². The number of rotatable bonds is 4. The summed E-state index contributed by atoms with van der Waals surface area (Å²) in [5, 5.41) is 12.9. The maximum Gasteiger partial charge on any atom is 0.307 e. The number of hydrogen-bond acceptors (Lipinski definition) is 4. The minimum atomic E-state index is -0.931. The molecule has 2 amide bonds. The van der Waals surface area contributed by atoms with Crippen LogP contribution in [-0.4, -0.2) is 22.9 Å². The summed E-state index contributed by atoms with van der Waals surface area (Å²) in [4.78, 5) is 37.7. The van der Waals surface area contributed by atoms with Gasteiger partial charge >= 0.3 is 5.97 Å². The van der Waals surface area contributed by atoms with Gasteiger partial charge in [-0.2, -0.15) is 0 Å². The number of nitrogens with one attached hydrogen (secondary N) is 1. The van der Waals surface area contributed by atoms with Crippen LogP contribution in [0.15, 0.2) is 12.2 Å². The van der Waals surface area contributed by atoms with E-state index in [1.165, 1.54) is 11.3 Å². The molecule has 1 saturated carbocycles. The fourth-order valence-corrected chi connectivity index (χ4v) is 6.10. The van der Waals surface area contributed by atoms with E-state index in [0.29, 0.717) is 17.0 Å². The van der Waals surface area contributed by atoms with E-state index in [1.54, 1.807) is 0 Å². The van der Waals surface area contributed by atoms with Crippen LogP contribution in [0.4, 0.5) is 5.00 Å². The Balaban J connectivity index is 1.63. The van der Waals surface area contributed by atoms with E-state index in [-0.39, 0.29) is 17.7 Å². The summed E-state index contributed by atoms with van der Waals surface area (Å²) in [6, 6.07) is 0. The van der Waals surface area contributed by atoms with Crippen molar-refractivity contribution in [2.24, 2.45) is 29.4 Å². The van der Waals surface area contributed by atoms with Gasteiger partial charge in [0.2, 0.25) is 5.91 Å². The van der Waals surface area contributed by atoms with Crippen molar-refractivity contribution in [1.82, 2.24) is 0 Å². The smallest absolute Gasteiger partial charge is 0.307 e. The third-order valence-corrected chi connectivity index (χ3v) is 7.16. The van der Waals surface area contributed by atoms with E-state index in [9.17, 15) is 19.5 Å². The Morgan fingerprint density at radius 1 is 1.08 bits per heavy atom. The third-order valence-electron chi connectivity index (χ3n) is 5.95. The van der Waals surface area contributed by atoms with Crippen LogP contribution in [0.3, 0.4) is 0 Å². The Hall–Kier alpha value is -2.15. The van der Waals surface area contributed by atoms with Gasteiger partial charge in [0.25, 0.3) is 5.91 Å². The summed E-state index contributed by atoms with van der Waals surface area (Å²) >= 11 is 1.42. The second-order valence-electron chi connectivity index (χ2n) is 7.46. The number of amides is 2. The highest BCUT2D eigenvalue weighted by Crippen LogP contribution is 2.49. The second kappa shape index (κ2) is 6.54. The molecule has 0 saturated heterocycles. The van der Waals surface area contributed by atoms with Crippen molar-refractivity contribution in [1.29, 1.82) is 0 Å². The van der Waals surface area contributed by atoms with Gasteiger partial charge in [-0.05, 0) is 49.5 Å². The van der Waals surface area contributed by atoms with Crippen LogP contribution in [0.1, 0.15) is 46.5 Å². The van der Waals surface area contributed by atoms with Gasteiger partial charge < -0.3 is 16.2 Å². The summed E-state index contributed by atoms with van der Waals surface area (Å²) in [6.07, 6.45) is 9.46. The predicted molar refractivity (Wildman–Crippen MR) is 98.1 cm³/mol. The van der Waals surface area contributed by atoms with E-state index in [1.807, 2.05) is 12.2 Å². The van der Waals surface area contributed by atoms with Crippen LogP contribution in [0.2, 0.25) is 0 Å². The number of aliphatic carboxylic acids is 1. The number of aryl methyl sites for hydroxylation is 1. The highest BCUT2D eigenvalue weighted by Gasteiger charge is 2.51. The topological polar surface area (TPSA) is 109 Å². The maximum atomic E-state index is 12.9. The number of hydrogen-bond donors (Lipinski definition) is 3. The maximum absolute atomic E-state index is 12.9. The number of nitrogens with two attached hydrogens (primary N) is 1. The number of thiophene rings is 1. The standard InChI is InChI=1S/C19H22N2O4S/c20-16(22)15-11-4-2-1-3-5-12(11)26-18(15)21-17(23)13-9-6-7-10(8-9)14(13)19(24)25/h6-7,9-10,13-14H,1-5,8H2,(H2,20,22)(H,21,23)(H,24,25)/t9-,10-,13-,14-/m0/s1. The lowest BCUT2D eigenvalue weighted by Gasteiger charge is -2.23. The van der Waals surface area contributed by atoms with Crippen molar-refractivity contribution in [2.75, 3.05) is 5.32 Å². The first-order valence-electron chi connectivity index (χ1n) is 9.13.